The number of nitrogens with zero attached hydrogens (tertiary/aromatic N) is 1. The second-order valence-corrected chi connectivity index (χ2v) is 8.42. The van der Waals surface area contributed by atoms with Crippen LogP contribution in [0, 0.1) is 0 Å². The Kier molecular flexibility index (Phi) is 7.36. The van der Waals surface area contributed by atoms with Gasteiger partial charge in [0.25, 0.3) is 5.91 Å². The highest BCUT2D eigenvalue weighted by Gasteiger charge is 2.24. The molecule has 7 nitrogen and oxygen atoms in total. The summed E-state index contributed by atoms with van der Waals surface area (Å²) >= 11 is 3.44. The van der Waals surface area contributed by atoms with Crippen LogP contribution in [0.1, 0.15) is 27.8 Å². The van der Waals surface area contributed by atoms with Crippen molar-refractivity contribution in [3.8, 4) is 0 Å². The smallest absolute Gasteiger partial charge is 0.253 e. The Balaban J connectivity index is 1.34. The molecule has 0 saturated carbocycles. The maximum atomic E-state index is 12.7. The van der Waals surface area contributed by atoms with E-state index >= 15 is 0 Å². The van der Waals surface area contributed by atoms with Gasteiger partial charge in [0.15, 0.2) is 0 Å². The Morgan fingerprint density at radius 1 is 1.06 bits per heavy atom. The van der Waals surface area contributed by atoms with E-state index in [1.165, 1.54) is 0 Å². The third kappa shape index (κ3) is 5.85. The second-order valence-electron chi connectivity index (χ2n) is 7.50. The quantitative estimate of drug-likeness (QED) is 0.515. The summed E-state index contributed by atoms with van der Waals surface area (Å²) in [6.45, 7) is 2.35. The molecule has 0 spiro atoms. The number of anilines is 1. The van der Waals surface area contributed by atoms with Crippen LogP contribution in [0.3, 0.4) is 0 Å². The number of rotatable bonds is 7. The summed E-state index contributed by atoms with van der Waals surface area (Å²) < 4.78 is 12.1. The monoisotopic (exact) mass is 497 g/mol. The minimum atomic E-state index is -0.279. The number of para-hydroxylation sites is 1. The summed E-state index contributed by atoms with van der Waals surface area (Å²) in [6.07, 6.45) is 1.48. The van der Waals surface area contributed by atoms with E-state index in [1.807, 2.05) is 24.3 Å². The zero-order valence-corrected chi connectivity index (χ0v) is 19.0. The largest absolute Gasteiger partial charge is 0.467 e. The first-order valence-electron chi connectivity index (χ1n) is 10.4. The van der Waals surface area contributed by atoms with Gasteiger partial charge in [0, 0.05) is 17.6 Å². The van der Waals surface area contributed by atoms with Crippen LogP contribution in [0.25, 0.3) is 0 Å². The molecule has 2 N–H and O–H groups in total. The van der Waals surface area contributed by atoms with Crippen LogP contribution in [0.5, 0.6) is 0 Å². The first-order chi connectivity index (χ1) is 15.6. The number of morpholine rings is 1. The molecule has 0 aliphatic carbocycles. The molecule has 166 valence electrons. The lowest BCUT2D eigenvalue weighted by Crippen LogP contribution is -2.42. The molecule has 4 rings (SSSR count). The van der Waals surface area contributed by atoms with Gasteiger partial charge >= 0.3 is 0 Å². The van der Waals surface area contributed by atoms with Crippen molar-refractivity contribution in [3.05, 3.63) is 88.3 Å². The fraction of sp³-hybridized carbons (Fsp3) is 0.250. The Morgan fingerprint density at radius 3 is 2.66 bits per heavy atom. The summed E-state index contributed by atoms with van der Waals surface area (Å²) in [6, 6.07) is 18.5. The molecule has 1 fully saturated rings. The molecule has 0 radical (unpaired) electrons. The number of hydrogen-bond acceptors (Lipinski definition) is 5. The van der Waals surface area contributed by atoms with Crippen LogP contribution in [-0.4, -0.2) is 43.0 Å². The molecule has 0 bridgehead atoms. The van der Waals surface area contributed by atoms with Gasteiger partial charge in [0.1, 0.15) is 5.76 Å². The number of carbonyl (C=O) groups is 2. The standard InChI is InChI=1S/C24H24BrN3O4/c25-18-9-7-17(8-10-18)22-15-28(11-13-32-22)16-23(29)27-21-6-2-1-5-20(21)24(30)26-14-19-4-3-12-31-19/h1-10,12,22H,11,13-16H2,(H,26,30)(H,27,29). The number of halogens is 1. The third-order valence-corrected chi connectivity index (χ3v) is 5.74. The minimum absolute atomic E-state index is 0.0793. The molecule has 1 aromatic heterocycles. The number of furan rings is 1. The lowest BCUT2D eigenvalue weighted by atomic mass is 10.1. The minimum Gasteiger partial charge on any atom is -0.467 e. The van der Waals surface area contributed by atoms with Crippen LogP contribution in [0.15, 0.2) is 75.8 Å². The molecule has 1 saturated heterocycles. The number of ether oxygens (including phenoxy) is 1. The number of carbonyl (C=O) groups excluding carboxylic acids is 2. The Bertz CT molecular complexity index is 1050. The zero-order valence-electron chi connectivity index (χ0n) is 17.4. The van der Waals surface area contributed by atoms with E-state index in [1.54, 1.807) is 42.7 Å². The zero-order chi connectivity index (χ0) is 22.3. The molecular weight excluding hydrogens is 474 g/mol. The topological polar surface area (TPSA) is 83.8 Å². The molecule has 2 amide bonds. The van der Waals surface area contributed by atoms with E-state index in [0.29, 0.717) is 36.7 Å². The third-order valence-electron chi connectivity index (χ3n) is 5.21. The van der Waals surface area contributed by atoms with Gasteiger partial charge < -0.3 is 19.8 Å². The maximum absolute atomic E-state index is 12.7. The van der Waals surface area contributed by atoms with Crippen molar-refractivity contribution in [1.29, 1.82) is 0 Å². The normalized spacial score (nSPS) is 16.5. The Labute approximate surface area is 194 Å². The van der Waals surface area contributed by atoms with Crippen LogP contribution >= 0.6 is 15.9 Å². The molecule has 2 heterocycles. The van der Waals surface area contributed by atoms with Crippen LogP contribution in [0.2, 0.25) is 0 Å². The van der Waals surface area contributed by atoms with Crippen molar-refractivity contribution in [2.75, 3.05) is 31.6 Å². The first kappa shape index (κ1) is 22.3. The van der Waals surface area contributed by atoms with Gasteiger partial charge in [-0.1, -0.05) is 40.2 Å². The van der Waals surface area contributed by atoms with Crippen LogP contribution < -0.4 is 10.6 Å². The SMILES string of the molecule is O=C(CN1CCOC(c2ccc(Br)cc2)C1)Nc1ccccc1C(=O)NCc1ccco1. The van der Waals surface area contributed by atoms with Gasteiger partial charge in [-0.15, -0.1) is 0 Å². The average Bonchev–Trinajstić information content (AvgIpc) is 3.32. The first-order valence-corrected chi connectivity index (χ1v) is 11.2. The lowest BCUT2D eigenvalue weighted by molar-refractivity contribution is -0.119. The molecule has 1 unspecified atom stereocenters. The number of nitrogens with one attached hydrogen (secondary N) is 2. The molecule has 8 heteroatoms. The van der Waals surface area contributed by atoms with Crippen LogP contribution in [0.4, 0.5) is 5.69 Å². The van der Waals surface area contributed by atoms with Crippen molar-refractivity contribution in [3.63, 3.8) is 0 Å². The molecule has 32 heavy (non-hydrogen) atoms. The number of benzene rings is 2. The van der Waals surface area contributed by atoms with E-state index in [-0.39, 0.29) is 31.0 Å². The number of amides is 2. The highest BCUT2D eigenvalue weighted by Crippen LogP contribution is 2.24. The summed E-state index contributed by atoms with van der Waals surface area (Å²) in [4.78, 5) is 27.4. The van der Waals surface area contributed by atoms with E-state index in [4.69, 9.17) is 9.15 Å². The van der Waals surface area contributed by atoms with E-state index in [2.05, 4.69) is 31.5 Å². The van der Waals surface area contributed by atoms with Gasteiger partial charge in [-0.05, 0) is 42.0 Å². The second kappa shape index (κ2) is 10.6. The van der Waals surface area contributed by atoms with Crippen molar-refractivity contribution in [1.82, 2.24) is 10.2 Å². The van der Waals surface area contributed by atoms with Crippen LogP contribution in [-0.2, 0) is 16.1 Å². The van der Waals surface area contributed by atoms with Gasteiger partial charge in [-0.25, -0.2) is 0 Å². The predicted molar refractivity (Wildman–Crippen MR) is 124 cm³/mol. The summed E-state index contributed by atoms with van der Waals surface area (Å²) in [5.41, 5.74) is 1.96. The number of hydrogen-bond donors (Lipinski definition) is 2. The average molecular weight is 498 g/mol. The van der Waals surface area contributed by atoms with Crippen molar-refractivity contribution >= 4 is 33.4 Å². The molecule has 1 atom stereocenters. The van der Waals surface area contributed by atoms with Crippen molar-refractivity contribution in [2.45, 2.75) is 12.6 Å². The molecule has 2 aromatic carbocycles. The summed E-state index contributed by atoms with van der Waals surface area (Å²) in [5.74, 6) is 0.208. The van der Waals surface area contributed by atoms with Gasteiger partial charge in [-0.2, -0.15) is 0 Å². The van der Waals surface area contributed by atoms with Gasteiger partial charge in [0.2, 0.25) is 5.91 Å². The van der Waals surface area contributed by atoms with Crippen molar-refractivity contribution in [2.24, 2.45) is 0 Å². The van der Waals surface area contributed by atoms with Gasteiger partial charge in [-0.3, -0.25) is 14.5 Å². The summed E-state index contributed by atoms with van der Waals surface area (Å²) in [5, 5.41) is 5.69. The molecular formula is C24H24BrN3O4. The maximum Gasteiger partial charge on any atom is 0.253 e. The Hall–Kier alpha value is -2.94. The van der Waals surface area contributed by atoms with E-state index in [0.717, 1.165) is 10.0 Å². The fourth-order valence-electron chi connectivity index (χ4n) is 3.58. The highest BCUT2D eigenvalue weighted by atomic mass is 79.9. The fourth-order valence-corrected chi connectivity index (χ4v) is 3.85. The predicted octanol–water partition coefficient (Wildman–Crippen LogP) is 3.98. The molecule has 1 aliphatic heterocycles. The van der Waals surface area contributed by atoms with Gasteiger partial charge in [0.05, 0.1) is 43.3 Å². The summed E-state index contributed by atoms with van der Waals surface area (Å²) in [7, 11) is 0. The highest BCUT2D eigenvalue weighted by molar-refractivity contribution is 9.10. The van der Waals surface area contributed by atoms with E-state index < -0.39 is 0 Å². The molecule has 1 aliphatic rings. The molecule has 3 aromatic rings. The van der Waals surface area contributed by atoms with E-state index in [9.17, 15) is 9.59 Å². The Morgan fingerprint density at radius 2 is 1.88 bits per heavy atom. The van der Waals surface area contributed by atoms with Crippen molar-refractivity contribution < 1.29 is 18.7 Å². The lowest BCUT2D eigenvalue weighted by Gasteiger charge is -2.32.